The first-order chi connectivity index (χ1) is 62.6. The van der Waals surface area contributed by atoms with Crippen molar-refractivity contribution >= 4 is 91.9 Å². The van der Waals surface area contributed by atoms with Crippen LogP contribution in [0.4, 0.5) is 0 Å². The van der Waals surface area contributed by atoms with Gasteiger partial charge in [0, 0.05) is 43.8 Å². The molecule has 0 radical (unpaired) electrons. The number of nitrogens with one attached hydrogen (secondary N) is 2. The van der Waals surface area contributed by atoms with Gasteiger partial charge in [0.1, 0.15) is 22.6 Å². The summed E-state index contributed by atoms with van der Waals surface area (Å²) in [6, 6.07) is 12.1. The molecule has 0 amide bonds. The Kier molecular flexibility index (Phi) is 45.4. The Labute approximate surface area is 759 Å². The van der Waals surface area contributed by atoms with E-state index in [1.165, 1.54) is 48.5 Å². The Morgan fingerprint density at radius 3 is 0.469 bits per heavy atom. The molecule has 0 saturated heterocycles. The van der Waals surface area contributed by atoms with Gasteiger partial charge in [0.2, 0.25) is 0 Å². The van der Waals surface area contributed by atoms with Gasteiger partial charge in [-0.25, -0.2) is 68.3 Å². The molecule has 0 unspecified atom stereocenters. The highest BCUT2D eigenvalue weighted by Crippen LogP contribution is 2.42. The van der Waals surface area contributed by atoms with E-state index in [9.17, 15) is 0 Å². The zero-order valence-corrected chi connectivity index (χ0v) is 78.4. The van der Waals surface area contributed by atoms with Gasteiger partial charge in [-0.3, -0.25) is 0 Å². The number of hydrogen-bond acceptors (Lipinski definition) is 22. The van der Waals surface area contributed by atoms with Gasteiger partial charge in [0.25, 0.3) is 0 Å². The summed E-state index contributed by atoms with van der Waals surface area (Å²) in [6.07, 6.45) is 44.4. The second-order valence-corrected chi connectivity index (χ2v) is 34.6. The summed E-state index contributed by atoms with van der Waals surface area (Å²) in [4.78, 5) is 159. The summed E-state index contributed by atoms with van der Waals surface area (Å²) < 4.78 is 48.7. The first-order valence-corrected chi connectivity index (χ1v) is 49.5. The number of aromatic nitrogens is 8. The van der Waals surface area contributed by atoms with Crippen LogP contribution in [0.25, 0.3) is 89.7 Å². The van der Waals surface area contributed by atoms with Crippen LogP contribution in [0.1, 0.15) is 446 Å². The molecule has 0 saturated carbocycles. The maximum absolute atomic E-state index is 15.0. The van der Waals surface area contributed by atoms with E-state index in [2.05, 4.69) is 65.4 Å². The van der Waals surface area contributed by atoms with Crippen molar-refractivity contribution < 1.29 is 76.3 Å². The Balaban J connectivity index is 1.39. The number of unbranched alkanes of at least 4 members (excludes halogenated alkanes) is 40. The summed E-state index contributed by atoms with van der Waals surface area (Å²) in [5.41, 5.74) is 0.00140. The highest BCUT2D eigenvalue weighted by atomic mass is 16.6. The second kappa shape index (κ2) is 57.1. The van der Waals surface area contributed by atoms with Gasteiger partial charge in [0.15, 0.2) is 23.3 Å². The van der Waals surface area contributed by atoms with Gasteiger partial charge < -0.3 is 47.9 Å². The normalized spacial score (nSPS) is 11.6. The van der Waals surface area contributed by atoms with Gasteiger partial charge >= 0.3 is 47.8 Å². The van der Waals surface area contributed by atoms with Gasteiger partial charge in [0.05, 0.1) is 97.4 Å². The number of H-pyrrole nitrogens is 2. The lowest BCUT2D eigenvalue weighted by Gasteiger charge is -2.12. The number of carbonyl (C=O) groups is 8. The van der Waals surface area contributed by atoms with Crippen LogP contribution in [0.15, 0.2) is 48.5 Å². The van der Waals surface area contributed by atoms with E-state index < -0.39 is 47.8 Å². The summed E-state index contributed by atoms with van der Waals surface area (Å²) in [5, 5.41) is 0.952. The minimum atomic E-state index is -0.790. The van der Waals surface area contributed by atoms with Crippen molar-refractivity contribution in [2.24, 2.45) is 0 Å². The largest absolute Gasteiger partial charge is 0.462 e. The lowest BCUT2D eigenvalue weighted by atomic mass is 9.98. The molecule has 24 heteroatoms. The van der Waals surface area contributed by atoms with Gasteiger partial charge in [-0.1, -0.05) is 312 Å². The van der Waals surface area contributed by atoms with E-state index in [0.717, 1.165) is 257 Å². The smallest absolute Gasteiger partial charge is 0.339 e. The Morgan fingerprint density at radius 1 is 0.188 bits per heavy atom. The first-order valence-electron chi connectivity index (χ1n) is 49.5. The molecule has 0 aliphatic carbocycles. The van der Waals surface area contributed by atoms with E-state index in [-0.39, 0.29) is 187 Å². The number of carbonyl (C=O) groups excluding carboxylic acids is 8. The maximum Gasteiger partial charge on any atom is 0.339 e. The summed E-state index contributed by atoms with van der Waals surface area (Å²) in [6.45, 7) is 17.8. The minimum Gasteiger partial charge on any atom is -0.462 e. The molecule has 128 heavy (non-hydrogen) atoms. The van der Waals surface area contributed by atoms with Crippen molar-refractivity contribution in [1.82, 2.24) is 39.9 Å². The van der Waals surface area contributed by atoms with E-state index >= 15 is 38.4 Å². The number of rotatable bonds is 64. The zero-order valence-electron chi connectivity index (χ0n) is 78.4. The third kappa shape index (κ3) is 31.1. The van der Waals surface area contributed by atoms with Crippen LogP contribution in [-0.2, 0) is 37.9 Å². The van der Waals surface area contributed by atoms with Crippen molar-refractivity contribution in [3.8, 4) is 45.6 Å². The van der Waals surface area contributed by atoms with E-state index in [4.69, 9.17) is 67.8 Å². The molecule has 3 aromatic heterocycles. The average Bonchev–Trinajstić information content (AvgIpc) is 1.58. The molecule has 8 bridgehead atoms. The minimum absolute atomic E-state index is 0.0335. The zero-order chi connectivity index (χ0) is 91.0. The molecule has 2 aliphatic rings. The Bertz CT molecular complexity index is 4320. The molecule has 2 aliphatic heterocycles. The summed E-state index contributed by atoms with van der Waals surface area (Å²) in [5.74, 6) is -6.53. The van der Waals surface area contributed by atoms with Crippen molar-refractivity contribution in [1.29, 1.82) is 0 Å². The SMILES string of the molecule is CCCCCCCCOC(=O)c1cc2c(cc1C(=O)OCCCCCCCC)-c1nc-2nc2[nH]c(nc3nc(nc4[nH]c(n1)c1cc(C(=O)OCCCCCCCC)c(C(=O)OCCCCCCCC)cc41)-c1cc(C(=O)OCCCCCCCC)c(C(=O)OCCCCCCCC)cc1-3)c1cc(C(=O)OCCCCCCCC)c(C(=O)OCCCCCCCC)cc21. The third-order valence-electron chi connectivity index (χ3n) is 24.0. The number of aromatic amines is 2. The number of benzene rings is 4. The molecule has 698 valence electrons. The topological polar surface area (TPSA) is 319 Å². The maximum atomic E-state index is 15.0. The van der Waals surface area contributed by atoms with Gasteiger partial charge in [-0.15, -0.1) is 0 Å². The van der Waals surface area contributed by atoms with Crippen LogP contribution in [0.3, 0.4) is 0 Å². The van der Waals surface area contributed by atoms with Crippen LogP contribution in [0.5, 0.6) is 0 Å². The molecular formula is C104H146N8O16. The van der Waals surface area contributed by atoms with Gasteiger partial charge in [-0.05, 0) is 99.9 Å². The van der Waals surface area contributed by atoms with Crippen LogP contribution in [0.2, 0.25) is 0 Å². The average molecular weight is 1760 g/mol. The van der Waals surface area contributed by atoms with Crippen LogP contribution >= 0.6 is 0 Å². The van der Waals surface area contributed by atoms with E-state index in [0.29, 0.717) is 51.4 Å². The molecule has 4 aromatic carbocycles. The van der Waals surface area contributed by atoms with Gasteiger partial charge in [-0.2, -0.15) is 0 Å². The fourth-order valence-electron chi connectivity index (χ4n) is 16.3. The molecule has 2 N–H and O–H groups in total. The molecule has 0 fully saturated rings. The van der Waals surface area contributed by atoms with Crippen molar-refractivity contribution in [3.05, 3.63) is 93.0 Å². The lowest BCUT2D eigenvalue weighted by molar-refractivity contribution is 0.0450. The second-order valence-electron chi connectivity index (χ2n) is 34.6. The quantitative estimate of drug-likeness (QED) is 0.0203. The monoisotopic (exact) mass is 1760 g/mol. The fourth-order valence-corrected chi connectivity index (χ4v) is 16.3. The first kappa shape index (κ1) is 102. The summed E-state index contributed by atoms with van der Waals surface area (Å²) in [7, 11) is 0. The van der Waals surface area contributed by atoms with Crippen LogP contribution < -0.4 is 0 Å². The Morgan fingerprint density at radius 2 is 0.320 bits per heavy atom. The third-order valence-corrected chi connectivity index (χ3v) is 24.0. The highest BCUT2D eigenvalue weighted by molar-refractivity contribution is 6.16. The van der Waals surface area contributed by atoms with Crippen molar-refractivity contribution in [3.63, 3.8) is 0 Å². The van der Waals surface area contributed by atoms with Crippen LogP contribution in [0, 0.1) is 0 Å². The number of fused-ring (bicyclic) bond motifs is 20. The number of hydrogen-bond donors (Lipinski definition) is 2. The molecular weight excluding hydrogens is 1620 g/mol. The fraction of sp³-hybridized carbons (Fsp3) is 0.615. The van der Waals surface area contributed by atoms with E-state index in [1.54, 1.807) is 0 Å². The number of ether oxygens (including phenoxy) is 8. The standard InChI is InChI=1S/C104H146N8O16/c1-9-17-25-33-41-49-57-121-97(113)81-65-73-74(66-82(81)98(114)122-58-50-42-34-26-18-10-2)90-105-89(73)109-91-75-67-83(99(115)123-59-51-43-35-27-19-11-3)84(100(116)124-60-52-44-36-28-20-12-4)68-76(75)93(106-91)111-95-79-71-87(103(119)127-63-55-47-39-31-23-15-7)88(104(120)128-64-56-48-40-32-24-16-8)72-80(79)96(108-95)112-94-78-70-86(102(118)126-62-54-46-38-30-22-14-6)85(69-77(78)92(107-94)110-90)101(117)125-61-53-45-37-29-21-13-5/h65-72H,9-64H2,1-8H3,(H2,105,106,107,108,109,110,111,112). The Hall–Kier alpha value is -10.0. The van der Waals surface area contributed by atoms with Crippen LogP contribution in [-0.4, -0.2) is 140 Å². The molecule has 9 rings (SSSR count). The van der Waals surface area contributed by atoms with Crippen molar-refractivity contribution in [2.45, 2.75) is 364 Å². The molecule has 5 heterocycles. The lowest BCUT2D eigenvalue weighted by Crippen LogP contribution is -2.16. The van der Waals surface area contributed by atoms with Crippen molar-refractivity contribution in [2.75, 3.05) is 52.9 Å². The predicted molar refractivity (Wildman–Crippen MR) is 505 cm³/mol. The molecule has 0 atom stereocenters. The number of esters is 8. The molecule has 7 aromatic rings. The highest BCUT2D eigenvalue weighted by Gasteiger charge is 2.34. The number of nitrogens with zero attached hydrogens (tertiary/aromatic N) is 6. The predicted octanol–water partition coefficient (Wildman–Crippen LogP) is 27.0. The molecule has 0 spiro atoms. The van der Waals surface area contributed by atoms with E-state index in [1.807, 2.05) is 0 Å². The molecule has 24 nitrogen and oxygen atoms in total. The summed E-state index contributed by atoms with van der Waals surface area (Å²) >= 11 is 0.